The van der Waals surface area contributed by atoms with Crippen molar-refractivity contribution >= 4 is 11.6 Å². The maximum atomic E-state index is 10.3. The fourth-order valence-corrected chi connectivity index (χ4v) is 2.17. The van der Waals surface area contributed by atoms with Crippen LogP contribution in [-0.2, 0) is 6.42 Å². The number of benzene rings is 2. The van der Waals surface area contributed by atoms with E-state index in [0.29, 0.717) is 11.4 Å². The molecule has 100 valence electrons. The number of hydrogen-bond donors (Lipinski definition) is 1. The van der Waals surface area contributed by atoms with E-state index < -0.39 is 6.10 Å². The summed E-state index contributed by atoms with van der Waals surface area (Å²) in [4.78, 5) is 0. The third kappa shape index (κ3) is 3.49. The Hall–Kier alpha value is -1.51. The van der Waals surface area contributed by atoms with Crippen LogP contribution < -0.4 is 4.74 Å². The summed E-state index contributed by atoms with van der Waals surface area (Å²) in [5, 5.41) is 11.0. The Morgan fingerprint density at radius 2 is 1.84 bits per heavy atom. The lowest BCUT2D eigenvalue weighted by Crippen LogP contribution is -2.04. The predicted molar refractivity (Wildman–Crippen MR) is 77.8 cm³/mol. The minimum atomic E-state index is -0.586. The lowest BCUT2D eigenvalue weighted by atomic mass is 9.99. The normalized spacial score (nSPS) is 12.2. The fraction of sp³-hybridized carbons (Fsp3) is 0.250. The van der Waals surface area contributed by atoms with E-state index in [4.69, 9.17) is 16.3 Å². The molecule has 2 aromatic rings. The second-order valence-corrected chi connectivity index (χ2v) is 5.03. The second-order valence-electron chi connectivity index (χ2n) is 4.59. The Morgan fingerprint density at radius 1 is 1.16 bits per heavy atom. The Morgan fingerprint density at radius 3 is 2.47 bits per heavy atom. The van der Waals surface area contributed by atoms with Crippen LogP contribution in [0.25, 0.3) is 0 Å². The molecule has 1 atom stereocenters. The van der Waals surface area contributed by atoms with Crippen LogP contribution in [0.1, 0.15) is 22.8 Å². The molecule has 2 nitrogen and oxygen atoms in total. The number of hydrogen-bond acceptors (Lipinski definition) is 2. The van der Waals surface area contributed by atoms with Gasteiger partial charge in [-0.2, -0.15) is 0 Å². The SMILES string of the molecule is COc1cc(C)ccc1C(O)Cc1ccc(Cl)cc1. The Balaban J connectivity index is 2.19. The quantitative estimate of drug-likeness (QED) is 0.917. The van der Waals surface area contributed by atoms with Crippen LogP contribution >= 0.6 is 11.6 Å². The van der Waals surface area contributed by atoms with Crippen molar-refractivity contribution < 1.29 is 9.84 Å². The molecule has 2 rings (SSSR count). The molecule has 2 aromatic carbocycles. The first-order valence-corrected chi connectivity index (χ1v) is 6.55. The van der Waals surface area contributed by atoms with Gasteiger partial charge >= 0.3 is 0 Å². The smallest absolute Gasteiger partial charge is 0.124 e. The van der Waals surface area contributed by atoms with Crippen molar-refractivity contribution in [2.24, 2.45) is 0 Å². The van der Waals surface area contributed by atoms with Crippen LogP contribution in [0.3, 0.4) is 0 Å². The van der Waals surface area contributed by atoms with Crippen LogP contribution in [0.5, 0.6) is 5.75 Å². The first kappa shape index (κ1) is 13.9. The molecular weight excluding hydrogens is 260 g/mol. The molecule has 1 unspecified atom stereocenters. The summed E-state index contributed by atoms with van der Waals surface area (Å²) in [6.45, 7) is 2.00. The van der Waals surface area contributed by atoms with E-state index >= 15 is 0 Å². The molecular formula is C16H17ClO2. The van der Waals surface area contributed by atoms with Crippen LogP contribution in [0.2, 0.25) is 5.02 Å². The molecule has 0 aliphatic carbocycles. The van der Waals surface area contributed by atoms with Crippen molar-refractivity contribution in [1.82, 2.24) is 0 Å². The molecule has 0 amide bonds. The van der Waals surface area contributed by atoms with E-state index in [2.05, 4.69) is 0 Å². The highest BCUT2D eigenvalue weighted by Crippen LogP contribution is 2.28. The molecule has 0 saturated carbocycles. The summed E-state index contributed by atoms with van der Waals surface area (Å²) >= 11 is 5.85. The highest BCUT2D eigenvalue weighted by Gasteiger charge is 2.14. The first-order valence-electron chi connectivity index (χ1n) is 6.17. The molecule has 0 saturated heterocycles. The lowest BCUT2D eigenvalue weighted by molar-refractivity contribution is 0.174. The number of methoxy groups -OCH3 is 1. The summed E-state index contributed by atoms with van der Waals surface area (Å²) in [6, 6.07) is 13.3. The predicted octanol–water partition coefficient (Wildman–Crippen LogP) is 3.93. The zero-order chi connectivity index (χ0) is 13.8. The van der Waals surface area contributed by atoms with E-state index in [-0.39, 0.29) is 0 Å². The number of rotatable bonds is 4. The Bertz CT molecular complexity index is 549. The van der Waals surface area contributed by atoms with E-state index in [1.165, 1.54) is 0 Å². The van der Waals surface area contributed by atoms with Gasteiger partial charge in [-0.1, -0.05) is 35.9 Å². The number of aliphatic hydroxyl groups excluding tert-OH is 1. The van der Waals surface area contributed by atoms with Gasteiger partial charge in [0.15, 0.2) is 0 Å². The van der Waals surface area contributed by atoms with Gasteiger partial charge in [-0.3, -0.25) is 0 Å². The summed E-state index contributed by atoms with van der Waals surface area (Å²) in [5.74, 6) is 0.724. The fourth-order valence-electron chi connectivity index (χ4n) is 2.05. The third-order valence-electron chi connectivity index (χ3n) is 3.09. The third-order valence-corrected chi connectivity index (χ3v) is 3.34. The second kappa shape index (κ2) is 6.09. The Labute approximate surface area is 118 Å². The zero-order valence-electron chi connectivity index (χ0n) is 11.1. The summed E-state index contributed by atoms with van der Waals surface area (Å²) in [7, 11) is 1.62. The van der Waals surface area contributed by atoms with Crippen LogP contribution in [-0.4, -0.2) is 12.2 Å². The zero-order valence-corrected chi connectivity index (χ0v) is 11.8. The lowest BCUT2D eigenvalue weighted by Gasteiger charge is -2.15. The van der Waals surface area contributed by atoms with Crippen molar-refractivity contribution in [3.63, 3.8) is 0 Å². The van der Waals surface area contributed by atoms with Gasteiger partial charge in [0, 0.05) is 17.0 Å². The minimum Gasteiger partial charge on any atom is -0.496 e. The van der Waals surface area contributed by atoms with Crippen molar-refractivity contribution in [3.8, 4) is 5.75 Å². The molecule has 3 heteroatoms. The monoisotopic (exact) mass is 276 g/mol. The van der Waals surface area contributed by atoms with E-state index in [1.54, 1.807) is 7.11 Å². The standard InChI is InChI=1S/C16H17ClO2/c1-11-3-8-14(16(9-11)19-2)15(18)10-12-4-6-13(17)7-5-12/h3-9,15,18H,10H2,1-2H3. The summed E-state index contributed by atoms with van der Waals surface area (Å²) < 4.78 is 5.32. The minimum absolute atomic E-state index is 0.538. The number of ether oxygens (including phenoxy) is 1. The topological polar surface area (TPSA) is 29.5 Å². The van der Waals surface area contributed by atoms with Gasteiger partial charge in [0.2, 0.25) is 0 Å². The van der Waals surface area contributed by atoms with Gasteiger partial charge in [0.25, 0.3) is 0 Å². The maximum absolute atomic E-state index is 10.3. The molecule has 1 N–H and O–H groups in total. The largest absolute Gasteiger partial charge is 0.496 e. The van der Waals surface area contributed by atoms with Crippen molar-refractivity contribution in [2.45, 2.75) is 19.4 Å². The average Bonchev–Trinajstić information content (AvgIpc) is 2.41. The molecule has 0 aliphatic heterocycles. The maximum Gasteiger partial charge on any atom is 0.124 e. The highest BCUT2D eigenvalue weighted by molar-refractivity contribution is 6.30. The van der Waals surface area contributed by atoms with Gasteiger partial charge in [0.05, 0.1) is 13.2 Å². The van der Waals surface area contributed by atoms with Crippen molar-refractivity contribution in [3.05, 3.63) is 64.2 Å². The van der Waals surface area contributed by atoms with Crippen molar-refractivity contribution in [2.75, 3.05) is 7.11 Å². The molecule has 0 bridgehead atoms. The number of aliphatic hydroxyl groups is 1. The van der Waals surface area contributed by atoms with E-state index in [0.717, 1.165) is 22.4 Å². The van der Waals surface area contributed by atoms with Crippen LogP contribution in [0.15, 0.2) is 42.5 Å². The average molecular weight is 277 g/mol. The molecule has 19 heavy (non-hydrogen) atoms. The highest BCUT2D eigenvalue weighted by atomic mass is 35.5. The van der Waals surface area contributed by atoms with Crippen LogP contribution in [0.4, 0.5) is 0 Å². The van der Waals surface area contributed by atoms with Gasteiger partial charge in [-0.25, -0.2) is 0 Å². The van der Waals surface area contributed by atoms with Crippen LogP contribution in [0, 0.1) is 6.92 Å². The van der Waals surface area contributed by atoms with Gasteiger partial charge in [-0.15, -0.1) is 0 Å². The molecule has 0 radical (unpaired) electrons. The van der Waals surface area contributed by atoms with Gasteiger partial charge in [0.1, 0.15) is 5.75 Å². The number of aryl methyl sites for hydroxylation is 1. The van der Waals surface area contributed by atoms with E-state index in [9.17, 15) is 5.11 Å². The van der Waals surface area contributed by atoms with Gasteiger partial charge < -0.3 is 9.84 Å². The van der Waals surface area contributed by atoms with E-state index in [1.807, 2.05) is 49.4 Å². The first-order chi connectivity index (χ1) is 9.10. The van der Waals surface area contributed by atoms with Crippen molar-refractivity contribution in [1.29, 1.82) is 0 Å². The summed E-state index contributed by atoms with van der Waals surface area (Å²) in [5.41, 5.74) is 2.96. The summed E-state index contributed by atoms with van der Waals surface area (Å²) in [6.07, 6.45) is -0.0481. The van der Waals surface area contributed by atoms with Gasteiger partial charge in [-0.05, 0) is 36.2 Å². The molecule has 0 heterocycles. The molecule has 0 spiro atoms. The molecule has 0 aliphatic rings. The number of halogens is 1. The molecule has 0 aromatic heterocycles. The Kier molecular flexibility index (Phi) is 4.46. The molecule has 0 fully saturated rings.